The molecule has 0 radical (unpaired) electrons. The van der Waals surface area contributed by atoms with Crippen molar-refractivity contribution < 1.29 is 4.92 Å². The average Bonchev–Trinajstić information content (AvgIpc) is 2.51. The maximum Gasteiger partial charge on any atom is 0.292 e. The Balaban J connectivity index is 0.000000956. The van der Waals surface area contributed by atoms with Gasteiger partial charge in [0, 0.05) is 25.0 Å². The number of pyridine rings is 1. The number of rotatable bonds is 5. The van der Waals surface area contributed by atoms with Crippen LogP contribution in [0.2, 0.25) is 0 Å². The fourth-order valence-electron chi connectivity index (χ4n) is 1.67. The number of hydrogen-bond acceptors (Lipinski definition) is 4. The van der Waals surface area contributed by atoms with Gasteiger partial charge in [-0.15, -0.1) is 0 Å². The van der Waals surface area contributed by atoms with Gasteiger partial charge in [0.05, 0.1) is 4.92 Å². The number of benzene rings is 1. The molecule has 2 aromatic rings. The van der Waals surface area contributed by atoms with Crippen LogP contribution in [-0.4, -0.2) is 16.5 Å². The van der Waals surface area contributed by atoms with E-state index in [0.29, 0.717) is 12.2 Å². The number of aromatic nitrogens is 1. The van der Waals surface area contributed by atoms with E-state index >= 15 is 0 Å². The lowest BCUT2D eigenvalue weighted by Gasteiger charge is -2.06. The smallest absolute Gasteiger partial charge is 0.292 e. The third-order valence-electron chi connectivity index (χ3n) is 2.58. The summed E-state index contributed by atoms with van der Waals surface area (Å²) in [6.07, 6.45) is 4.27. The van der Waals surface area contributed by atoms with Crippen LogP contribution in [0.3, 0.4) is 0 Å². The molecule has 0 unspecified atom stereocenters. The standard InChI is InChI=1S/C13H13N3O2.C2H6/c17-16(18)13-4-2-1-3-12(13)15-10-7-11-5-8-14-9-6-11;1-2/h1-6,8-9,15H,7,10H2;1-2H3. The highest BCUT2D eigenvalue weighted by molar-refractivity contribution is 5.61. The monoisotopic (exact) mass is 273 g/mol. The Bertz CT molecular complexity index is 530. The van der Waals surface area contributed by atoms with Gasteiger partial charge in [-0.25, -0.2) is 0 Å². The summed E-state index contributed by atoms with van der Waals surface area (Å²) in [5.41, 5.74) is 1.81. The summed E-state index contributed by atoms with van der Waals surface area (Å²) in [6.45, 7) is 4.65. The summed E-state index contributed by atoms with van der Waals surface area (Å²) in [5, 5.41) is 13.9. The first kappa shape index (κ1) is 15.6. The molecule has 0 amide bonds. The number of hydrogen-bond donors (Lipinski definition) is 1. The molecule has 0 fully saturated rings. The minimum absolute atomic E-state index is 0.104. The molecule has 20 heavy (non-hydrogen) atoms. The van der Waals surface area contributed by atoms with E-state index in [1.165, 1.54) is 6.07 Å². The molecule has 0 aliphatic rings. The number of anilines is 1. The van der Waals surface area contributed by atoms with Crippen LogP contribution in [0.15, 0.2) is 48.8 Å². The Labute approximate surface area is 118 Å². The van der Waals surface area contributed by atoms with Crippen molar-refractivity contribution in [2.75, 3.05) is 11.9 Å². The van der Waals surface area contributed by atoms with E-state index in [9.17, 15) is 10.1 Å². The zero-order chi connectivity index (χ0) is 14.8. The second kappa shape index (κ2) is 8.63. The molecule has 0 bridgehead atoms. The van der Waals surface area contributed by atoms with Crippen molar-refractivity contribution in [2.24, 2.45) is 0 Å². The largest absolute Gasteiger partial charge is 0.379 e. The predicted molar refractivity (Wildman–Crippen MR) is 80.9 cm³/mol. The molecule has 0 spiro atoms. The lowest BCUT2D eigenvalue weighted by Crippen LogP contribution is -2.06. The molecule has 0 saturated heterocycles. The molecule has 5 heteroatoms. The summed E-state index contributed by atoms with van der Waals surface area (Å²) in [4.78, 5) is 14.4. The molecule has 2 rings (SSSR count). The van der Waals surface area contributed by atoms with Crippen LogP contribution in [0, 0.1) is 10.1 Å². The zero-order valence-electron chi connectivity index (χ0n) is 11.7. The van der Waals surface area contributed by atoms with Crippen LogP contribution in [0.1, 0.15) is 19.4 Å². The highest BCUT2D eigenvalue weighted by Gasteiger charge is 2.10. The van der Waals surface area contributed by atoms with Crippen molar-refractivity contribution in [3.8, 4) is 0 Å². The van der Waals surface area contributed by atoms with Gasteiger partial charge in [-0.1, -0.05) is 26.0 Å². The Kier molecular flexibility index (Phi) is 6.75. The number of nitrogens with zero attached hydrogens (tertiary/aromatic N) is 2. The van der Waals surface area contributed by atoms with Crippen molar-refractivity contribution >= 4 is 11.4 Å². The molecule has 1 N–H and O–H groups in total. The van der Waals surface area contributed by atoms with Gasteiger partial charge in [0.2, 0.25) is 0 Å². The van der Waals surface area contributed by atoms with Gasteiger partial charge in [-0.3, -0.25) is 15.1 Å². The van der Waals surface area contributed by atoms with E-state index in [1.54, 1.807) is 30.6 Å². The Hall–Kier alpha value is -2.43. The molecule has 1 heterocycles. The molecule has 0 aliphatic heterocycles. The number of nitrogens with one attached hydrogen (secondary N) is 1. The van der Waals surface area contributed by atoms with Crippen molar-refractivity contribution in [1.29, 1.82) is 0 Å². The summed E-state index contributed by atoms with van der Waals surface area (Å²) in [7, 11) is 0. The van der Waals surface area contributed by atoms with Gasteiger partial charge in [0.15, 0.2) is 0 Å². The fraction of sp³-hybridized carbons (Fsp3) is 0.267. The molecule has 1 aromatic heterocycles. The number of nitro benzene ring substituents is 1. The first-order valence-electron chi connectivity index (χ1n) is 6.63. The van der Waals surface area contributed by atoms with Crippen molar-refractivity contribution in [1.82, 2.24) is 4.98 Å². The first-order chi connectivity index (χ1) is 9.77. The second-order valence-corrected chi connectivity index (χ2v) is 3.81. The Morgan fingerprint density at radius 3 is 2.45 bits per heavy atom. The van der Waals surface area contributed by atoms with Crippen molar-refractivity contribution in [2.45, 2.75) is 20.3 Å². The molecular formula is C15H19N3O2. The molecule has 0 aliphatic carbocycles. The van der Waals surface area contributed by atoms with Gasteiger partial charge in [0.25, 0.3) is 5.69 Å². The highest BCUT2D eigenvalue weighted by atomic mass is 16.6. The van der Waals surface area contributed by atoms with Gasteiger partial charge >= 0.3 is 0 Å². The topological polar surface area (TPSA) is 68.1 Å². The molecule has 0 saturated carbocycles. The minimum Gasteiger partial charge on any atom is -0.379 e. The summed E-state index contributed by atoms with van der Waals surface area (Å²) in [5.74, 6) is 0. The summed E-state index contributed by atoms with van der Waals surface area (Å²) >= 11 is 0. The molecular weight excluding hydrogens is 254 g/mol. The normalized spacial score (nSPS) is 9.30. The predicted octanol–water partition coefficient (Wildman–Crippen LogP) is 3.67. The lowest BCUT2D eigenvalue weighted by molar-refractivity contribution is -0.384. The van der Waals surface area contributed by atoms with E-state index in [1.807, 2.05) is 26.0 Å². The summed E-state index contributed by atoms with van der Waals surface area (Å²) < 4.78 is 0. The van der Waals surface area contributed by atoms with Crippen LogP contribution >= 0.6 is 0 Å². The minimum atomic E-state index is -0.380. The van der Waals surface area contributed by atoms with E-state index < -0.39 is 0 Å². The van der Waals surface area contributed by atoms with Crippen LogP contribution < -0.4 is 5.32 Å². The van der Waals surface area contributed by atoms with E-state index in [4.69, 9.17) is 0 Å². The fourth-order valence-corrected chi connectivity index (χ4v) is 1.67. The summed E-state index contributed by atoms with van der Waals surface area (Å²) in [6, 6.07) is 10.5. The quantitative estimate of drug-likeness (QED) is 0.666. The Morgan fingerprint density at radius 2 is 1.80 bits per heavy atom. The van der Waals surface area contributed by atoms with E-state index in [2.05, 4.69) is 10.3 Å². The van der Waals surface area contributed by atoms with Crippen LogP contribution in [0.5, 0.6) is 0 Å². The van der Waals surface area contributed by atoms with Gasteiger partial charge in [0.1, 0.15) is 5.69 Å². The van der Waals surface area contributed by atoms with Crippen LogP contribution in [0.4, 0.5) is 11.4 Å². The maximum absolute atomic E-state index is 10.8. The molecule has 5 nitrogen and oxygen atoms in total. The SMILES string of the molecule is CC.O=[N+]([O-])c1ccccc1NCCc1ccncc1. The van der Waals surface area contributed by atoms with Crippen molar-refractivity contribution in [3.05, 3.63) is 64.5 Å². The van der Waals surface area contributed by atoms with Crippen LogP contribution in [0.25, 0.3) is 0 Å². The average molecular weight is 273 g/mol. The molecule has 0 atom stereocenters. The Morgan fingerprint density at radius 1 is 1.15 bits per heavy atom. The highest BCUT2D eigenvalue weighted by Crippen LogP contribution is 2.22. The lowest BCUT2D eigenvalue weighted by atomic mass is 10.2. The van der Waals surface area contributed by atoms with Crippen molar-refractivity contribution in [3.63, 3.8) is 0 Å². The van der Waals surface area contributed by atoms with E-state index in [0.717, 1.165) is 12.0 Å². The number of nitro groups is 1. The second-order valence-electron chi connectivity index (χ2n) is 3.81. The third-order valence-corrected chi connectivity index (χ3v) is 2.58. The van der Waals surface area contributed by atoms with E-state index in [-0.39, 0.29) is 10.6 Å². The first-order valence-corrected chi connectivity index (χ1v) is 6.63. The van der Waals surface area contributed by atoms with Gasteiger partial charge in [-0.2, -0.15) is 0 Å². The van der Waals surface area contributed by atoms with Gasteiger partial charge < -0.3 is 5.32 Å². The molecule has 1 aromatic carbocycles. The van der Waals surface area contributed by atoms with Gasteiger partial charge in [-0.05, 0) is 30.2 Å². The zero-order valence-corrected chi connectivity index (χ0v) is 11.7. The number of para-hydroxylation sites is 2. The third kappa shape index (κ3) is 4.68. The van der Waals surface area contributed by atoms with Crippen LogP contribution in [-0.2, 0) is 6.42 Å². The molecule has 106 valence electrons. The maximum atomic E-state index is 10.8.